The molecule has 2 aliphatic heterocycles. The summed E-state index contributed by atoms with van der Waals surface area (Å²) in [5.74, 6) is 0.375. The van der Waals surface area contributed by atoms with Crippen molar-refractivity contribution >= 4 is 112 Å². The summed E-state index contributed by atoms with van der Waals surface area (Å²) in [7, 11) is 0. The Balaban J connectivity index is 0.000000146. The first-order chi connectivity index (χ1) is 24.2. The minimum Gasteiger partial charge on any atom is -0.326 e. The molecule has 2 N–H and O–H groups in total. The molecule has 51 heavy (non-hydrogen) atoms. The number of benzene rings is 2. The van der Waals surface area contributed by atoms with Crippen LogP contribution in [0.15, 0.2) is 57.7 Å². The minimum absolute atomic E-state index is 0.0816. The molecule has 0 radical (unpaired) electrons. The molecule has 1 atom stereocenters. The molecule has 17 heteroatoms. The smallest absolute Gasteiger partial charge is 0.238 e. The standard InChI is InChI=1S/C17H15BrClN5O.C9H10Cl2N4.C8H6BrNO/c1-8(2)6-24-7-11-14(21-17(19)22-15(11)23-24)13-10-5-9(18)3-4-12(10)20-16(13)25;1-5(2)3-15-4-6-7(10)12-9(11)13-8(6)14-15;9-6-1-2-7-5(3-6)4-8(11)10-7/h3-5,7-8,13H,6H2,1-2H3,(H,20,25);4-5H,3H2,1-2H3;1-3H,4H2,(H,10,11). The Labute approximate surface area is 325 Å². The summed E-state index contributed by atoms with van der Waals surface area (Å²) < 4.78 is 5.57. The molecule has 6 heterocycles. The van der Waals surface area contributed by atoms with Gasteiger partial charge in [-0.15, -0.1) is 0 Å². The number of nitrogens with one attached hydrogen (secondary N) is 2. The van der Waals surface area contributed by atoms with Gasteiger partial charge in [0.1, 0.15) is 11.1 Å². The van der Waals surface area contributed by atoms with Gasteiger partial charge < -0.3 is 10.6 Å². The number of amides is 2. The van der Waals surface area contributed by atoms with E-state index in [-0.39, 0.29) is 22.4 Å². The van der Waals surface area contributed by atoms with Crippen LogP contribution in [0.2, 0.25) is 15.7 Å². The van der Waals surface area contributed by atoms with Gasteiger partial charge in [0.25, 0.3) is 0 Å². The monoisotopic (exact) mass is 874 g/mol. The molecule has 0 saturated heterocycles. The molecule has 0 aliphatic carbocycles. The second-order valence-corrected chi connectivity index (χ2v) is 15.7. The van der Waals surface area contributed by atoms with Gasteiger partial charge in [-0.1, -0.05) is 71.2 Å². The third kappa shape index (κ3) is 8.69. The van der Waals surface area contributed by atoms with E-state index in [0.717, 1.165) is 55.3 Å². The molecule has 0 spiro atoms. The van der Waals surface area contributed by atoms with E-state index in [1.165, 1.54) is 0 Å². The van der Waals surface area contributed by atoms with Crippen molar-refractivity contribution in [3.8, 4) is 0 Å². The van der Waals surface area contributed by atoms with E-state index in [0.29, 0.717) is 40.4 Å². The molecule has 8 rings (SSSR count). The molecular weight excluding hydrogens is 847 g/mol. The van der Waals surface area contributed by atoms with Crippen LogP contribution in [0.5, 0.6) is 0 Å². The van der Waals surface area contributed by atoms with E-state index < -0.39 is 5.92 Å². The molecule has 0 fully saturated rings. The second-order valence-electron chi connectivity index (χ2n) is 12.8. The van der Waals surface area contributed by atoms with Crippen LogP contribution in [0.4, 0.5) is 11.4 Å². The molecular formula is C34H31Br2Cl3N10O2. The zero-order valence-corrected chi connectivity index (χ0v) is 33.2. The van der Waals surface area contributed by atoms with E-state index in [1.54, 1.807) is 0 Å². The Morgan fingerprint density at radius 2 is 1.33 bits per heavy atom. The largest absolute Gasteiger partial charge is 0.326 e. The van der Waals surface area contributed by atoms with E-state index in [2.05, 4.69) is 100 Å². The number of carbonyl (C=O) groups is 2. The summed E-state index contributed by atoms with van der Waals surface area (Å²) in [5.41, 5.74) is 5.30. The zero-order valence-electron chi connectivity index (χ0n) is 27.8. The first-order valence-corrected chi connectivity index (χ1v) is 18.6. The van der Waals surface area contributed by atoms with Gasteiger partial charge in [-0.25, -0.2) is 9.97 Å². The minimum atomic E-state index is -0.535. The van der Waals surface area contributed by atoms with Crippen LogP contribution in [0.3, 0.4) is 0 Å². The normalized spacial score (nSPS) is 14.6. The van der Waals surface area contributed by atoms with Crippen molar-refractivity contribution in [2.75, 3.05) is 10.6 Å². The summed E-state index contributed by atoms with van der Waals surface area (Å²) in [5, 5.41) is 16.5. The predicted molar refractivity (Wildman–Crippen MR) is 206 cm³/mol. The van der Waals surface area contributed by atoms with Crippen LogP contribution in [0, 0.1) is 11.8 Å². The van der Waals surface area contributed by atoms with Gasteiger partial charge in [0.05, 0.1) is 22.9 Å². The summed E-state index contributed by atoms with van der Waals surface area (Å²) in [6, 6.07) is 11.5. The van der Waals surface area contributed by atoms with Crippen LogP contribution in [0.1, 0.15) is 50.4 Å². The van der Waals surface area contributed by atoms with Gasteiger partial charge in [0, 0.05) is 45.8 Å². The SMILES string of the molecule is CC(C)Cn1cc2c(C3C(=O)Nc4ccc(Br)cc43)nc(Cl)nc2n1.CC(C)Cn1cc2c(Cl)nc(Cl)nc2n1.O=C1Cc2cc(Br)ccc2N1. The number of nitrogens with zero attached hydrogens (tertiary/aromatic N) is 8. The van der Waals surface area contributed by atoms with Crippen molar-refractivity contribution in [1.82, 2.24) is 39.5 Å². The maximum absolute atomic E-state index is 12.6. The van der Waals surface area contributed by atoms with Crippen LogP contribution >= 0.6 is 66.7 Å². The van der Waals surface area contributed by atoms with Gasteiger partial charge in [-0.3, -0.25) is 19.0 Å². The average Bonchev–Trinajstić information content (AvgIpc) is 3.79. The van der Waals surface area contributed by atoms with Gasteiger partial charge in [0.15, 0.2) is 11.3 Å². The van der Waals surface area contributed by atoms with Crippen molar-refractivity contribution in [2.45, 2.75) is 53.1 Å². The van der Waals surface area contributed by atoms with Crippen LogP contribution in [-0.2, 0) is 29.1 Å². The van der Waals surface area contributed by atoms with Crippen molar-refractivity contribution in [3.05, 3.63) is 90.3 Å². The van der Waals surface area contributed by atoms with Crippen molar-refractivity contribution in [1.29, 1.82) is 0 Å². The number of fused-ring (bicyclic) bond motifs is 4. The fraction of sp³-hybridized carbons (Fsp3) is 0.294. The lowest BCUT2D eigenvalue weighted by molar-refractivity contribution is -0.116. The first-order valence-electron chi connectivity index (χ1n) is 15.9. The molecule has 0 bridgehead atoms. The highest BCUT2D eigenvalue weighted by atomic mass is 79.9. The predicted octanol–water partition coefficient (Wildman–Crippen LogP) is 8.72. The lowest BCUT2D eigenvalue weighted by Gasteiger charge is -2.09. The fourth-order valence-electron chi connectivity index (χ4n) is 5.70. The second kappa shape index (κ2) is 15.5. The van der Waals surface area contributed by atoms with Crippen LogP contribution < -0.4 is 10.6 Å². The Hall–Kier alpha value is -3.69. The van der Waals surface area contributed by atoms with Crippen molar-refractivity contribution < 1.29 is 9.59 Å². The Morgan fingerprint density at radius 1 is 0.765 bits per heavy atom. The van der Waals surface area contributed by atoms with E-state index in [1.807, 2.05) is 58.2 Å². The Kier molecular flexibility index (Phi) is 11.3. The summed E-state index contributed by atoms with van der Waals surface area (Å²) >= 11 is 24.5. The van der Waals surface area contributed by atoms with Gasteiger partial charge >= 0.3 is 0 Å². The Bertz CT molecular complexity index is 2290. The van der Waals surface area contributed by atoms with Crippen molar-refractivity contribution in [3.63, 3.8) is 0 Å². The highest BCUT2D eigenvalue weighted by Crippen LogP contribution is 2.40. The third-order valence-corrected chi connectivity index (χ3v) is 9.31. The molecule has 264 valence electrons. The molecule has 0 saturated carbocycles. The third-order valence-electron chi connectivity index (χ3n) is 7.70. The summed E-state index contributed by atoms with van der Waals surface area (Å²) in [6.07, 6.45) is 4.24. The quantitative estimate of drug-likeness (QED) is 0.129. The number of anilines is 2. The van der Waals surface area contributed by atoms with Crippen molar-refractivity contribution in [2.24, 2.45) is 11.8 Å². The van der Waals surface area contributed by atoms with E-state index in [4.69, 9.17) is 34.8 Å². The summed E-state index contributed by atoms with van der Waals surface area (Å²) in [4.78, 5) is 40.0. The van der Waals surface area contributed by atoms with Gasteiger partial charge in [-0.2, -0.15) is 20.2 Å². The molecule has 12 nitrogen and oxygen atoms in total. The molecule has 4 aromatic heterocycles. The molecule has 2 amide bonds. The number of hydrogen-bond acceptors (Lipinski definition) is 8. The number of carbonyl (C=O) groups excluding carboxylic acids is 2. The molecule has 2 aliphatic rings. The molecule has 1 unspecified atom stereocenters. The van der Waals surface area contributed by atoms with Crippen LogP contribution in [-0.4, -0.2) is 51.3 Å². The number of halogens is 5. The highest BCUT2D eigenvalue weighted by molar-refractivity contribution is 9.10. The number of aromatic nitrogens is 8. The number of hydrogen-bond donors (Lipinski definition) is 2. The first kappa shape index (κ1) is 37.1. The fourth-order valence-corrected chi connectivity index (χ4v) is 7.08. The maximum atomic E-state index is 12.6. The summed E-state index contributed by atoms with van der Waals surface area (Å²) in [6.45, 7) is 10.0. The van der Waals surface area contributed by atoms with E-state index in [9.17, 15) is 9.59 Å². The van der Waals surface area contributed by atoms with Gasteiger partial charge in [0.2, 0.25) is 22.4 Å². The topological polar surface area (TPSA) is 145 Å². The molecule has 6 aromatic rings. The van der Waals surface area contributed by atoms with Gasteiger partial charge in [-0.05, 0) is 82.6 Å². The average molecular weight is 878 g/mol. The van der Waals surface area contributed by atoms with E-state index >= 15 is 0 Å². The lowest BCUT2D eigenvalue weighted by Crippen LogP contribution is -2.15. The highest BCUT2D eigenvalue weighted by Gasteiger charge is 2.35. The molecule has 2 aromatic carbocycles. The zero-order chi connectivity index (χ0) is 36.6. The Morgan fingerprint density at radius 3 is 1.98 bits per heavy atom. The maximum Gasteiger partial charge on any atom is 0.238 e. The lowest BCUT2D eigenvalue weighted by atomic mass is 9.95. The number of rotatable bonds is 5. The van der Waals surface area contributed by atoms with Crippen LogP contribution in [0.25, 0.3) is 22.1 Å².